The summed E-state index contributed by atoms with van der Waals surface area (Å²) in [5, 5.41) is 0.0218. The van der Waals surface area contributed by atoms with E-state index >= 15 is 0 Å². The molecule has 1 amide bonds. The third-order valence-electron chi connectivity index (χ3n) is 3.15. The first-order valence-corrected chi connectivity index (χ1v) is 8.64. The molecule has 0 bridgehead atoms. The van der Waals surface area contributed by atoms with E-state index in [1.54, 1.807) is 16.2 Å². The van der Waals surface area contributed by atoms with Gasteiger partial charge in [0.15, 0.2) is 0 Å². The van der Waals surface area contributed by atoms with Gasteiger partial charge in [-0.15, -0.1) is 11.3 Å². The third-order valence-corrected chi connectivity index (χ3v) is 5.73. The van der Waals surface area contributed by atoms with E-state index < -0.39 is 0 Å². The summed E-state index contributed by atoms with van der Waals surface area (Å²) in [7, 11) is 0. The molecule has 0 spiro atoms. The Bertz CT molecular complexity index is 718. The molecule has 2 aromatic rings. The number of carbonyl (C=O) groups is 1. The van der Waals surface area contributed by atoms with Crippen molar-refractivity contribution in [2.24, 2.45) is 0 Å². The quantitative estimate of drug-likeness (QED) is 0.564. The molecule has 0 saturated carbocycles. The van der Waals surface area contributed by atoms with E-state index in [1.165, 1.54) is 22.2 Å². The summed E-state index contributed by atoms with van der Waals surface area (Å²) >= 11 is 8.28. The van der Waals surface area contributed by atoms with E-state index in [0.29, 0.717) is 11.5 Å². The van der Waals surface area contributed by atoms with Crippen LogP contribution in [0.2, 0.25) is 0 Å². The molecule has 1 aliphatic rings. The van der Waals surface area contributed by atoms with E-state index in [-0.39, 0.29) is 5.24 Å². The Labute approximate surface area is 137 Å². The largest absolute Gasteiger partial charge is 0.293 e. The maximum Gasteiger partial charge on any atom is 0.291 e. The van der Waals surface area contributed by atoms with Crippen LogP contribution >= 0.6 is 35.3 Å². The second kappa shape index (κ2) is 6.13. The monoisotopic (exact) mass is 331 g/mol. The van der Waals surface area contributed by atoms with E-state index in [2.05, 4.69) is 24.3 Å². The lowest BCUT2D eigenvalue weighted by Crippen LogP contribution is -2.26. The highest BCUT2D eigenvalue weighted by atomic mass is 32.2. The molecule has 0 N–H and O–H groups in total. The van der Waals surface area contributed by atoms with Crippen molar-refractivity contribution in [3.63, 3.8) is 0 Å². The minimum atomic E-state index is 0.0218. The highest BCUT2D eigenvalue weighted by molar-refractivity contribution is 8.19. The molecule has 5 heteroatoms. The Morgan fingerprint density at radius 1 is 1.19 bits per heavy atom. The predicted molar refractivity (Wildman–Crippen MR) is 95.7 cm³/mol. The molecule has 0 unspecified atom stereocenters. The molecule has 1 aliphatic heterocycles. The molecule has 106 valence electrons. The number of thiophene rings is 1. The zero-order valence-corrected chi connectivity index (χ0v) is 13.9. The van der Waals surface area contributed by atoms with Gasteiger partial charge in [0.25, 0.3) is 5.24 Å². The van der Waals surface area contributed by atoms with Crippen LogP contribution < -0.4 is 0 Å². The zero-order valence-electron chi connectivity index (χ0n) is 11.4. The molecule has 1 saturated heterocycles. The fourth-order valence-electron chi connectivity index (χ4n) is 2.09. The number of thioether (sulfide) groups is 1. The van der Waals surface area contributed by atoms with Crippen LogP contribution in [-0.2, 0) is 0 Å². The molecular weight excluding hydrogens is 318 g/mol. The van der Waals surface area contributed by atoms with Gasteiger partial charge in [-0.05, 0) is 42.5 Å². The van der Waals surface area contributed by atoms with Crippen LogP contribution in [0.15, 0.2) is 47.4 Å². The molecule has 0 aliphatic carbocycles. The second-order valence-electron chi connectivity index (χ2n) is 4.49. The Morgan fingerprint density at radius 2 is 1.95 bits per heavy atom. The van der Waals surface area contributed by atoms with Crippen molar-refractivity contribution < 1.29 is 4.79 Å². The fraction of sp³-hybridized carbons (Fsp3) is 0.125. The average molecular weight is 331 g/mol. The third kappa shape index (κ3) is 2.95. The zero-order chi connectivity index (χ0) is 14.8. The summed E-state index contributed by atoms with van der Waals surface area (Å²) < 4.78 is 0. The number of carbonyl (C=O) groups excluding carboxylic acids is 1. The highest BCUT2D eigenvalue weighted by Gasteiger charge is 2.30. The lowest BCUT2D eigenvalue weighted by molar-refractivity contribution is 0.247. The van der Waals surface area contributed by atoms with Crippen molar-refractivity contribution in [3.05, 3.63) is 52.2 Å². The van der Waals surface area contributed by atoms with Crippen LogP contribution in [0, 0.1) is 0 Å². The number of amides is 1. The molecule has 0 atom stereocenters. The fourth-order valence-corrected chi connectivity index (χ4v) is 4.48. The lowest BCUT2D eigenvalue weighted by Gasteiger charge is -2.09. The topological polar surface area (TPSA) is 20.3 Å². The average Bonchev–Trinajstić information content (AvgIpc) is 3.06. The van der Waals surface area contributed by atoms with Crippen molar-refractivity contribution in [1.82, 2.24) is 4.90 Å². The molecule has 1 aromatic carbocycles. The van der Waals surface area contributed by atoms with Crippen molar-refractivity contribution in [1.29, 1.82) is 0 Å². The number of rotatable bonds is 3. The number of hydrogen-bond acceptors (Lipinski definition) is 4. The number of thiocarbonyl (C=S) groups is 1. The molecular formula is C16H13NOS3. The van der Waals surface area contributed by atoms with Gasteiger partial charge in [0.1, 0.15) is 4.99 Å². The molecule has 21 heavy (non-hydrogen) atoms. The Balaban J connectivity index is 1.87. The van der Waals surface area contributed by atoms with Crippen LogP contribution in [0.3, 0.4) is 0 Å². The molecule has 0 radical (unpaired) electrons. The summed E-state index contributed by atoms with van der Waals surface area (Å²) in [6.45, 7) is 2.56. The minimum Gasteiger partial charge on any atom is -0.293 e. The van der Waals surface area contributed by atoms with Gasteiger partial charge in [0.2, 0.25) is 0 Å². The SMILES string of the molecule is CCN1C(=O)S/C(=C\c2ccc(-c3ccccc3)s2)C1=S. The van der Waals surface area contributed by atoms with Gasteiger partial charge in [-0.3, -0.25) is 9.69 Å². The Morgan fingerprint density at radius 3 is 2.62 bits per heavy atom. The van der Waals surface area contributed by atoms with Crippen molar-refractivity contribution in [2.75, 3.05) is 6.54 Å². The molecule has 2 heterocycles. The van der Waals surface area contributed by atoms with Gasteiger partial charge in [-0.2, -0.15) is 0 Å². The van der Waals surface area contributed by atoms with Gasteiger partial charge in [0.05, 0.1) is 4.91 Å². The summed E-state index contributed by atoms with van der Waals surface area (Å²) in [6, 6.07) is 14.5. The lowest BCUT2D eigenvalue weighted by atomic mass is 10.2. The number of likely N-dealkylation sites (N-methyl/N-ethyl adjacent to an activating group) is 1. The Hall–Kier alpha value is -1.43. The van der Waals surface area contributed by atoms with Gasteiger partial charge < -0.3 is 0 Å². The maximum absolute atomic E-state index is 11.8. The van der Waals surface area contributed by atoms with Crippen molar-refractivity contribution in [2.45, 2.75) is 6.92 Å². The number of benzene rings is 1. The summed E-state index contributed by atoms with van der Waals surface area (Å²) in [5.74, 6) is 0. The normalized spacial score (nSPS) is 17.0. The molecule has 1 fully saturated rings. The van der Waals surface area contributed by atoms with Crippen LogP contribution in [0.4, 0.5) is 4.79 Å². The summed E-state index contributed by atoms with van der Waals surface area (Å²) in [6.07, 6.45) is 2.01. The molecule has 3 rings (SSSR count). The highest BCUT2D eigenvalue weighted by Crippen LogP contribution is 2.35. The molecule has 1 aromatic heterocycles. The van der Waals surface area contributed by atoms with Gasteiger partial charge in [-0.1, -0.05) is 42.5 Å². The van der Waals surface area contributed by atoms with Crippen LogP contribution in [0.5, 0.6) is 0 Å². The second-order valence-corrected chi connectivity index (χ2v) is 6.99. The van der Waals surface area contributed by atoms with Crippen LogP contribution in [-0.4, -0.2) is 21.7 Å². The van der Waals surface area contributed by atoms with E-state index in [1.807, 2.05) is 31.2 Å². The first kappa shape index (κ1) is 14.5. The van der Waals surface area contributed by atoms with Crippen LogP contribution in [0.1, 0.15) is 11.8 Å². The van der Waals surface area contributed by atoms with Gasteiger partial charge in [-0.25, -0.2) is 0 Å². The van der Waals surface area contributed by atoms with Crippen molar-refractivity contribution >= 4 is 51.6 Å². The first-order valence-electron chi connectivity index (χ1n) is 6.59. The number of nitrogens with zero attached hydrogens (tertiary/aromatic N) is 1. The molecule has 2 nitrogen and oxygen atoms in total. The van der Waals surface area contributed by atoms with Crippen LogP contribution in [0.25, 0.3) is 16.5 Å². The first-order chi connectivity index (χ1) is 10.2. The maximum atomic E-state index is 11.8. The summed E-state index contributed by atoms with van der Waals surface area (Å²) in [4.78, 5) is 17.3. The van der Waals surface area contributed by atoms with Gasteiger partial charge in [0, 0.05) is 16.3 Å². The Kier molecular flexibility index (Phi) is 4.24. The summed E-state index contributed by atoms with van der Waals surface area (Å²) in [5.41, 5.74) is 1.21. The van der Waals surface area contributed by atoms with Gasteiger partial charge >= 0.3 is 0 Å². The smallest absolute Gasteiger partial charge is 0.291 e. The standard InChI is InChI=1S/C16H13NOS3/c1-2-17-15(19)14(21-16(17)18)10-12-8-9-13(20-12)11-6-4-3-5-7-11/h3-10H,2H2,1H3/b14-10-. The van der Waals surface area contributed by atoms with E-state index in [4.69, 9.17) is 12.2 Å². The number of hydrogen-bond donors (Lipinski definition) is 0. The van der Waals surface area contributed by atoms with E-state index in [9.17, 15) is 4.79 Å². The van der Waals surface area contributed by atoms with E-state index in [0.717, 1.165) is 9.78 Å². The predicted octanol–water partition coefficient (Wildman–Crippen LogP) is 5.27. The minimum absolute atomic E-state index is 0.0218. The van der Waals surface area contributed by atoms with Crippen molar-refractivity contribution in [3.8, 4) is 10.4 Å².